The number of ether oxygens (including phenoxy) is 1. The summed E-state index contributed by atoms with van der Waals surface area (Å²) in [7, 11) is -3.45. The van der Waals surface area contributed by atoms with E-state index in [2.05, 4.69) is 20.7 Å². The molecule has 1 fully saturated rings. The van der Waals surface area contributed by atoms with E-state index >= 15 is 0 Å². The molecule has 7 heteroatoms. The Kier molecular flexibility index (Phi) is 4.97. The third-order valence-corrected chi connectivity index (χ3v) is 5.23. The van der Waals surface area contributed by atoms with Crippen LogP contribution in [-0.2, 0) is 14.9 Å². The number of nitrogens with one attached hydrogen (secondary N) is 1. The summed E-state index contributed by atoms with van der Waals surface area (Å²) in [6, 6.07) is 7.33. The molecule has 1 atom stereocenters. The van der Waals surface area contributed by atoms with E-state index in [1.165, 1.54) is 4.31 Å². The monoisotopic (exact) mass is 348 g/mol. The summed E-state index contributed by atoms with van der Waals surface area (Å²) < 4.78 is 34.6. The van der Waals surface area contributed by atoms with Crippen molar-refractivity contribution in [2.24, 2.45) is 0 Å². The predicted molar refractivity (Wildman–Crippen MR) is 77.0 cm³/mol. The van der Waals surface area contributed by atoms with Gasteiger partial charge in [-0.25, -0.2) is 0 Å². The van der Waals surface area contributed by atoms with Gasteiger partial charge in [0.05, 0.1) is 13.2 Å². The Morgan fingerprint density at radius 1 is 1.26 bits per heavy atom. The van der Waals surface area contributed by atoms with Crippen molar-refractivity contribution in [1.82, 2.24) is 9.03 Å². The minimum atomic E-state index is -3.45. The molecular formula is C12H17BrN2O3S. The Hall–Kier alpha value is -0.470. The highest BCUT2D eigenvalue weighted by Crippen LogP contribution is 2.18. The lowest BCUT2D eigenvalue weighted by molar-refractivity contribution is 0.0723. The van der Waals surface area contributed by atoms with Crippen LogP contribution in [0.25, 0.3) is 0 Å². The fraction of sp³-hybridized carbons (Fsp3) is 0.500. The summed E-state index contributed by atoms with van der Waals surface area (Å²) >= 11 is 3.36. The number of morpholine rings is 1. The average molecular weight is 349 g/mol. The minimum Gasteiger partial charge on any atom is -0.379 e. The van der Waals surface area contributed by atoms with Gasteiger partial charge >= 0.3 is 0 Å². The van der Waals surface area contributed by atoms with E-state index in [4.69, 9.17) is 4.74 Å². The Bertz CT molecular complexity index is 512. The molecule has 1 heterocycles. The lowest BCUT2D eigenvalue weighted by Crippen LogP contribution is -2.47. The van der Waals surface area contributed by atoms with Gasteiger partial charge in [0, 0.05) is 23.6 Å². The van der Waals surface area contributed by atoms with Crippen LogP contribution in [0.4, 0.5) is 0 Å². The van der Waals surface area contributed by atoms with Crippen LogP contribution < -0.4 is 4.72 Å². The third-order valence-electron chi connectivity index (χ3n) is 3.01. The Morgan fingerprint density at radius 2 is 1.84 bits per heavy atom. The van der Waals surface area contributed by atoms with Crippen LogP contribution in [0.2, 0.25) is 0 Å². The lowest BCUT2D eigenvalue weighted by atomic mass is 10.1. The van der Waals surface area contributed by atoms with Gasteiger partial charge in [0.15, 0.2) is 0 Å². The third kappa shape index (κ3) is 4.00. The Balaban J connectivity index is 2.04. The number of hydrogen-bond donors (Lipinski definition) is 1. The molecule has 0 radical (unpaired) electrons. The van der Waals surface area contributed by atoms with Crippen molar-refractivity contribution in [1.29, 1.82) is 0 Å². The van der Waals surface area contributed by atoms with Crippen LogP contribution >= 0.6 is 15.9 Å². The number of benzene rings is 1. The fourth-order valence-corrected chi connectivity index (χ4v) is 3.53. The standard InChI is InChI=1S/C12H17BrN2O3S/c1-10(11-2-4-12(13)5-3-11)14-19(16,17)15-6-8-18-9-7-15/h2-5,10,14H,6-9H2,1H3. The van der Waals surface area contributed by atoms with Gasteiger partial charge in [-0.1, -0.05) is 28.1 Å². The molecular weight excluding hydrogens is 332 g/mol. The van der Waals surface area contributed by atoms with Gasteiger partial charge in [-0.15, -0.1) is 0 Å². The van der Waals surface area contributed by atoms with Crippen LogP contribution in [0.5, 0.6) is 0 Å². The van der Waals surface area contributed by atoms with Gasteiger partial charge in [-0.2, -0.15) is 17.4 Å². The van der Waals surface area contributed by atoms with Crippen molar-refractivity contribution in [3.05, 3.63) is 34.3 Å². The largest absolute Gasteiger partial charge is 0.379 e. The molecule has 1 aliphatic rings. The summed E-state index contributed by atoms with van der Waals surface area (Å²) in [5.41, 5.74) is 0.931. The molecule has 19 heavy (non-hydrogen) atoms. The van der Waals surface area contributed by atoms with Gasteiger partial charge < -0.3 is 4.74 Å². The van der Waals surface area contributed by atoms with Crippen LogP contribution in [-0.4, -0.2) is 39.0 Å². The first-order chi connectivity index (χ1) is 8.99. The molecule has 0 aromatic heterocycles. The molecule has 0 saturated carbocycles. The summed E-state index contributed by atoms with van der Waals surface area (Å²) in [6.45, 7) is 3.55. The number of hydrogen-bond acceptors (Lipinski definition) is 3. The highest BCUT2D eigenvalue weighted by Gasteiger charge is 2.25. The van der Waals surface area contributed by atoms with Crippen molar-refractivity contribution in [3.63, 3.8) is 0 Å². The maximum Gasteiger partial charge on any atom is 0.280 e. The summed E-state index contributed by atoms with van der Waals surface area (Å²) in [5, 5.41) is 0. The topological polar surface area (TPSA) is 58.6 Å². The first-order valence-electron chi connectivity index (χ1n) is 6.09. The Morgan fingerprint density at radius 3 is 2.42 bits per heavy atom. The van der Waals surface area contributed by atoms with Gasteiger partial charge in [0.25, 0.3) is 10.2 Å². The molecule has 0 spiro atoms. The molecule has 0 amide bonds. The number of nitrogens with zero attached hydrogens (tertiary/aromatic N) is 1. The van der Waals surface area contributed by atoms with Crippen molar-refractivity contribution in [3.8, 4) is 0 Å². The van der Waals surface area contributed by atoms with E-state index in [1.807, 2.05) is 31.2 Å². The van der Waals surface area contributed by atoms with E-state index in [-0.39, 0.29) is 6.04 Å². The van der Waals surface area contributed by atoms with Crippen molar-refractivity contribution < 1.29 is 13.2 Å². The SMILES string of the molecule is CC(NS(=O)(=O)N1CCOCC1)c1ccc(Br)cc1. The van der Waals surface area contributed by atoms with Crippen molar-refractivity contribution >= 4 is 26.1 Å². The second-order valence-corrected chi connectivity index (χ2v) is 7.03. The second kappa shape index (κ2) is 6.32. The van der Waals surface area contributed by atoms with Crippen LogP contribution in [0.3, 0.4) is 0 Å². The molecule has 1 N–H and O–H groups in total. The first-order valence-corrected chi connectivity index (χ1v) is 8.33. The van der Waals surface area contributed by atoms with E-state index < -0.39 is 10.2 Å². The lowest BCUT2D eigenvalue weighted by Gasteiger charge is -2.27. The van der Waals surface area contributed by atoms with Gasteiger partial charge in [0.1, 0.15) is 0 Å². The summed E-state index contributed by atoms with van der Waals surface area (Å²) in [5.74, 6) is 0. The molecule has 1 unspecified atom stereocenters. The number of rotatable bonds is 4. The minimum absolute atomic E-state index is 0.263. The molecule has 5 nitrogen and oxygen atoms in total. The highest BCUT2D eigenvalue weighted by atomic mass is 79.9. The highest BCUT2D eigenvalue weighted by molar-refractivity contribution is 9.10. The smallest absolute Gasteiger partial charge is 0.280 e. The quantitative estimate of drug-likeness (QED) is 0.900. The van der Waals surface area contributed by atoms with Crippen LogP contribution in [0, 0.1) is 0 Å². The van der Waals surface area contributed by atoms with Gasteiger partial charge in [0.2, 0.25) is 0 Å². The molecule has 106 valence electrons. The summed E-state index contributed by atoms with van der Waals surface area (Å²) in [6.07, 6.45) is 0. The van der Waals surface area contributed by atoms with Crippen molar-refractivity contribution in [2.45, 2.75) is 13.0 Å². The van der Waals surface area contributed by atoms with E-state index in [9.17, 15) is 8.42 Å². The van der Waals surface area contributed by atoms with E-state index in [0.717, 1.165) is 10.0 Å². The zero-order chi connectivity index (χ0) is 13.9. The maximum absolute atomic E-state index is 12.2. The maximum atomic E-state index is 12.2. The molecule has 1 aromatic carbocycles. The van der Waals surface area contributed by atoms with Crippen LogP contribution in [0.15, 0.2) is 28.7 Å². The zero-order valence-electron chi connectivity index (χ0n) is 10.7. The predicted octanol–water partition coefficient (Wildman–Crippen LogP) is 1.68. The molecule has 0 aliphatic carbocycles. The molecule has 0 bridgehead atoms. The van der Waals surface area contributed by atoms with Crippen LogP contribution in [0.1, 0.15) is 18.5 Å². The second-order valence-electron chi connectivity index (χ2n) is 4.41. The average Bonchev–Trinajstić information content (AvgIpc) is 2.40. The molecule has 2 rings (SSSR count). The normalized spacial score (nSPS) is 19.3. The summed E-state index contributed by atoms with van der Waals surface area (Å²) in [4.78, 5) is 0. The molecule has 1 aliphatic heterocycles. The molecule has 1 saturated heterocycles. The number of halogens is 1. The molecule has 1 aromatic rings. The zero-order valence-corrected chi connectivity index (χ0v) is 13.1. The van der Waals surface area contributed by atoms with E-state index in [1.54, 1.807) is 0 Å². The van der Waals surface area contributed by atoms with E-state index in [0.29, 0.717) is 26.3 Å². The van der Waals surface area contributed by atoms with Gasteiger partial charge in [-0.3, -0.25) is 0 Å². The fourth-order valence-electron chi connectivity index (χ4n) is 1.90. The first kappa shape index (κ1) is 14.9. The Labute approximate surface area is 122 Å². The van der Waals surface area contributed by atoms with Crippen molar-refractivity contribution in [2.75, 3.05) is 26.3 Å². The van der Waals surface area contributed by atoms with Gasteiger partial charge in [-0.05, 0) is 24.6 Å².